The van der Waals surface area contributed by atoms with Gasteiger partial charge in [-0.25, -0.2) is 9.79 Å². The molecule has 1 fully saturated rings. The summed E-state index contributed by atoms with van der Waals surface area (Å²) in [5.74, 6) is 0.698. The Balaban J connectivity index is 1.88. The summed E-state index contributed by atoms with van der Waals surface area (Å²) in [6.45, 7) is 2.39. The van der Waals surface area contributed by atoms with Gasteiger partial charge in [-0.3, -0.25) is 9.69 Å². The van der Waals surface area contributed by atoms with Crippen molar-refractivity contribution in [1.29, 1.82) is 0 Å². The van der Waals surface area contributed by atoms with Crippen LogP contribution < -0.4 is 9.47 Å². The third-order valence-electron chi connectivity index (χ3n) is 4.42. The molecule has 0 N–H and O–H groups in total. The van der Waals surface area contributed by atoms with Gasteiger partial charge in [-0.2, -0.15) is 0 Å². The largest absolute Gasteiger partial charge is 0.493 e. The van der Waals surface area contributed by atoms with Crippen molar-refractivity contribution in [3.8, 4) is 11.5 Å². The van der Waals surface area contributed by atoms with Gasteiger partial charge in [0.05, 0.1) is 37.5 Å². The summed E-state index contributed by atoms with van der Waals surface area (Å²) in [5.41, 5.74) is 1.91. The molecule has 1 heterocycles. The van der Waals surface area contributed by atoms with Crippen LogP contribution in [-0.4, -0.2) is 49.8 Å². The molecule has 0 aromatic heterocycles. The number of rotatable bonds is 6. The lowest BCUT2D eigenvalue weighted by atomic mass is 10.2. The molecule has 0 bridgehead atoms. The topological polar surface area (TPSA) is 77.4 Å². The monoisotopic (exact) mass is 426 g/mol. The molecule has 7 nitrogen and oxygen atoms in total. The van der Waals surface area contributed by atoms with Gasteiger partial charge in [0.25, 0.3) is 5.91 Å². The predicted octanol–water partition coefficient (Wildman–Crippen LogP) is 4.11. The van der Waals surface area contributed by atoms with Gasteiger partial charge in [0, 0.05) is 6.54 Å². The second-order valence-electron chi connectivity index (χ2n) is 6.21. The Morgan fingerprint density at radius 1 is 1.07 bits per heavy atom. The number of aliphatic imine (C=N–C) groups is 1. The Labute approximate surface area is 179 Å². The molecule has 2 aromatic carbocycles. The number of hydrogen-bond donors (Lipinski definition) is 0. The van der Waals surface area contributed by atoms with Crippen LogP contribution in [0.15, 0.2) is 52.4 Å². The van der Waals surface area contributed by atoms with Crippen LogP contribution in [0.3, 0.4) is 0 Å². The van der Waals surface area contributed by atoms with Gasteiger partial charge in [-0.15, -0.1) is 0 Å². The zero-order valence-corrected chi connectivity index (χ0v) is 18.0. The highest BCUT2D eigenvalue weighted by atomic mass is 32.2. The predicted molar refractivity (Wildman–Crippen MR) is 117 cm³/mol. The first-order chi connectivity index (χ1) is 14.5. The van der Waals surface area contributed by atoms with Crippen molar-refractivity contribution in [2.45, 2.75) is 6.92 Å². The molecule has 1 aliphatic rings. The number of carbonyl (C=O) groups is 2. The number of esters is 1. The molecule has 0 unspecified atom stereocenters. The van der Waals surface area contributed by atoms with Gasteiger partial charge in [0.1, 0.15) is 0 Å². The van der Waals surface area contributed by atoms with E-state index in [1.165, 1.54) is 18.9 Å². The Kier molecular flexibility index (Phi) is 6.79. The lowest BCUT2D eigenvalue weighted by Crippen LogP contribution is -2.28. The first-order valence-corrected chi connectivity index (χ1v) is 10.0. The number of carbonyl (C=O) groups excluding carboxylic acids is 2. The Bertz CT molecular complexity index is 1010. The van der Waals surface area contributed by atoms with Crippen molar-refractivity contribution in [3.63, 3.8) is 0 Å². The molecular formula is C22H22N2O5S. The summed E-state index contributed by atoms with van der Waals surface area (Å²) in [6.07, 6.45) is 1.81. The number of nitrogens with zero attached hydrogens (tertiary/aromatic N) is 2. The maximum absolute atomic E-state index is 12.8. The van der Waals surface area contributed by atoms with E-state index >= 15 is 0 Å². The quantitative estimate of drug-likeness (QED) is 0.511. The normalized spacial score (nSPS) is 16.3. The molecule has 1 amide bonds. The average molecular weight is 426 g/mol. The van der Waals surface area contributed by atoms with Crippen LogP contribution in [0.5, 0.6) is 11.5 Å². The number of amidine groups is 1. The summed E-state index contributed by atoms with van der Waals surface area (Å²) >= 11 is 1.30. The summed E-state index contributed by atoms with van der Waals surface area (Å²) in [4.78, 5) is 31.2. The van der Waals surface area contributed by atoms with Crippen molar-refractivity contribution in [3.05, 3.63) is 58.5 Å². The molecular weight excluding hydrogens is 404 g/mol. The molecule has 8 heteroatoms. The molecule has 0 spiro atoms. The van der Waals surface area contributed by atoms with E-state index in [-0.39, 0.29) is 5.91 Å². The van der Waals surface area contributed by atoms with Crippen molar-refractivity contribution in [2.75, 3.05) is 27.9 Å². The molecule has 0 radical (unpaired) electrons. The van der Waals surface area contributed by atoms with E-state index in [2.05, 4.69) is 4.99 Å². The zero-order valence-electron chi connectivity index (χ0n) is 17.2. The molecule has 0 aliphatic carbocycles. The summed E-state index contributed by atoms with van der Waals surface area (Å²) in [7, 11) is 4.48. The molecule has 0 atom stereocenters. The molecule has 30 heavy (non-hydrogen) atoms. The number of thioether (sulfide) groups is 1. The van der Waals surface area contributed by atoms with Crippen molar-refractivity contribution in [2.24, 2.45) is 4.99 Å². The summed E-state index contributed by atoms with van der Waals surface area (Å²) in [5, 5.41) is 0.583. The van der Waals surface area contributed by atoms with Crippen LogP contribution in [0.25, 0.3) is 6.08 Å². The van der Waals surface area contributed by atoms with Crippen LogP contribution in [0.4, 0.5) is 5.69 Å². The molecule has 3 rings (SSSR count). The lowest BCUT2D eigenvalue weighted by Gasteiger charge is -2.12. The van der Waals surface area contributed by atoms with Gasteiger partial charge in [-0.1, -0.05) is 6.07 Å². The average Bonchev–Trinajstić information content (AvgIpc) is 3.07. The second kappa shape index (κ2) is 9.49. The van der Waals surface area contributed by atoms with Gasteiger partial charge in [0.15, 0.2) is 16.7 Å². The Hall–Kier alpha value is -3.26. The highest BCUT2D eigenvalue weighted by Gasteiger charge is 2.32. The maximum atomic E-state index is 12.8. The number of hydrogen-bond acceptors (Lipinski definition) is 7. The first-order valence-electron chi connectivity index (χ1n) is 9.21. The molecule has 0 saturated carbocycles. The number of methoxy groups -OCH3 is 3. The fraction of sp³-hybridized carbons (Fsp3) is 0.227. The SMILES string of the molecule is CCN1C(=O)/C(=C\c2ccc(OC)c(OC)c2)SC1=Nc1ccc(C(=O)OC)cc1. The Morgan fingerprint density at radius 2 is 1.77 bits per heavy atom. The van der Waals surface area contributed by atoms with Crippen molar-refractivity contribution < 1.29 is 23.8 Å². The van der Waals surface area contributed by atoms with E-state index in [1.807, 2.05) is 19.1 Å². The fourth-order valence-electron chi connectivity index (χ4n) is 2.86. The van der Waals surface area contributed by atoms with E-state index in [0.717, 1.165) is 5.56 Å². The number of ether oxygens (including phenoxy) is 3. The highest BCUT2D eigenvalue weighted by molar-refractivity contribution is 8.18. The smallest absolute Gasteiger partial charge is 0.337 e. The minimum Gasteiger partial charge on any atom is -0.493 e. The van der Waals surface area contributed by atoms with Gasteiger partial charge in [0.2, 0.25) is 0 Å². The first kappa shape index (κ1) is 21.4. The minimum atomic E-state index is -0.407. The van der Waals surface area contributed by atoms with Gasteiger partial charge >= 0.3 is 5.97 Å². The number of amides is 1. The van der Waals surface area contributed by atoms with Crippen molar-refractivity contribution in [1.82, 2.24) is 4.90 Å². The zero-order chi connectivity index (χ0) is 21.7. The van der Waals surface area contributed by atoms with E-state index in [4.69, 9.17) is 14.2 Å². The number of likely N-dealkylation sites (N-methyl/N-ethyl adjacent to an activating group) is 1. The third kappa shape index (κ3) is 4.49. The van der Waals surface area contributed by atoms with Gasteiger partial charge < -0.3 is 14.2 Å². The second-order valence-corrected chi connectivity index (χ2v) is 7.22. The molecule has 156 valence electrons. The highest BCUT2D eigenvalue weighted by Crippen LogP contribution is 2.35. The van der Waals surface area contributed by atoms with Crippen molar-refractivity contribution >= 4 is 40.6 Å². The molecule has 1 saturated heterocycles. The van der Waals surface area contributed by atoms with Crippen LogP contribution >= 0.6 is 11.8 Å². The third-order valence-corrected chi connectivity index (χ3v) is 5.43. The van der Waals surface area contributed by atoms with E-state index in [1.54, 1.807) is 55.5 Å². The van der Waals surface area contributed by atoms with Crippen LogP contribution in [0.2, 0.25) is 0 Å². The Morgan fingerprint density at radius 3 is 2.37 bits per heavy atom. The maximum Gasteiger partial charge on any atom is 0.337 e. The van der Waals surface area contributed by atoms with Crippen LogP contribution in [0.1, 0.15) is 22.8 Å². The molecule has 2 aromatic rings. The standard InChI is InChI=1S/C22H22N2O5S/c1-5-24-20(25)19(13-14-6-11-17(27-2)18(12-14)28-3)30-22(24)23-16-9-7-15(8-10-16)21(26)29-4/h6-13H,5H2,1-4H3/b19-13+,23-22?. The van der Waals surface area contributed by atoms with E-state index in [0.29, 0.717) is 39.4 Å². The number of benzene rings is 2. The van der Waals surface area contributed by atoms with E-state index < -0.39 is 5.97 Å². The van der Waals surface area contributed by atoms with Gasteiger partial charge in [-0.05, 0) is 66.7 Å². The van der Waals surface area contributed by atoms with Crippen LogP contribution in [-0.2, 0) is 9.53 Å². The minimum absolute atomic E-state index is 0.109. The lowest BCUT2D eigenvalue weighted by molar-refractivity contribution is -0.122. The van der Waals surface area contributed by atoms with Crippen LogP contribution in [0, 0.1) is 0 Å². The van der Waals surface area contributed by atoms with E-state index in [9.17, 15) is 9.59 Å². The summed E-state index contributed by atoms with van der Waals surface area (Å²) < 4.78 is 15.3. The fourth-order valence-corrected chi connectivity index (χ4v) is 3.93. The summed E-state index contributed by atoms with van der Waals surface area (Å²) in [6, 6.07) is 12.2. The molecule has 1 aliphatic heterocycles.